The number of carbonyl (C=O) groups excluding carboxylic acids is 2. The van der Waals surface area contributed by atoms with Crippen molar-refractivity contribution in [1.82, 2.24) is 0 Å². The summed E-state index contributed by atoms with van der Waals surface area (Å²) in [6, 6.07) is 7.60. The van der Waals surface area contributed by atoms with E-state index in [2.05, 4.69) is 41.5 Å². The average molecular weight is 907 g/mol. The van der Waals surface area contributed by atoms with Crippen LogP contribution in [0, 0.1) is 0 Å². The predicted molar refractivity (Wildman–Crippen MR) is 283 cm³/mol. The molecule has 0 aliphatic carbocycles. The van der Waals surface area contributed by atoms with Crippen molar-refractivity contribution in [3.05, 3.63) is 35.4 Å². The molecule has 1 aromatic carbocycles. The SMILES string of the molecule is CCCCCCCC[PH](CCCCCCCC)(CCCCCCCC)OC(=O)c1ccccc1C(=O)O[PH](CCCCCCCC)(CCCCCCCC)CCCCCCCC. The van der Waals surface area contributed by atoms with Gasteiger partial charge in [-0.25, -0.2) is 0 Å². The van der Waals surface area contributed by atoms with Gasteiger partial charge in [0.15, 0.2) is 0 Å². The van der Waals surface area contributed by atoms with Crippen molar-refractivity contribution in [3.63, 3.8) is 0 Å². The molecule has 6 heteroatoms. The molecule has 4 nitrogen and oxygen atoms in total. The van der Waals surface area contributed by atoms with Crippen LogP contribution in [0.1, 0.15) is 293 Å². The third kappa shape index (κ3) is 29.5. The van der Waals surface area contributed by atoms with E-state index in [-0.39, 0.29) is 11.9 Å². The fourth-order valence-electron chi connectivity index (χ4n) is 9.76. The van der Waals surface area contributed by atoms with E-state index in [1.807, 2.05) is 24.3 Å². The van der Waals surface area contributed by atoms with Gasteiger partial charge in [0, 0.05) is 0 Å². The third-order valence-electron chi connectivity index (χ3n) is 13.9. The van der Waals surface area contributed by atoms with Gasteiger partial charge in [0.2, 0.25) is 0 Å². The molecule has 0 spiro atoms. The Labute approximate surface area is 389 Å². The first-order valence-corrected chi connectivity index (χ1v) is 33.0. The minimum absolute atomic E-state index is 0.248. The first-order valence-electron chi connectivity index (χ1n) is 27.9. The van der Waals surface area contributed by atoms with Gasteiger partial charge in [-0.3, -0.25) is 0 Å². The van der Waals surface area contributed by atoms with E-state index in [1.54, 1.807) is 0 Å². The zero-order valence-electron chi connectivity index (χ0n) is 42.6. The second kappa shape index (κ2) is 41.5. The Balaban J connectivity index is 3.49. The summed E-state index contributed by atoms with van der Waals surface area (Å²) in [7, 11) is -4.88. The van der Waals surface area contributed by atoms with Crippen LogP contribution >= 0.6 is 15.0 Å². The molecule has 0 heterocycles. The summed E-state index contributed by atoms with van der Waals surface area (Å²) in [6.07, 6.45) is 51.5. The molecule has 0 amide bonds. The van der Waals surface area contributed by atoms with Crippen molar-refractivity contribution in [2.45, 2.75) is 273 Å². The van der Waals surface area contributed by atoms with Crippen LogP contribution in [0.25, 0.3) is 0 Å². The molecule has 366 valence electrons. The summed E-state index contributed by atoms with van der Waals surface area (Å²) in [5.74, 6) is -0.496. The summed E-state index contributed by atoms with van der Waals surface area (Å²) in [4.78, 5) is 29.6. The van der Waals surface area contributed by atoms with Crippen molar-refractivity contribution < 1.29 is 18.6 Å². The Morgan fingerprint density at radius 3 is 0.677 bits per heavy atom. The molecule has 0 N–H and O–H groups in total. The van der Waals surface area contributed by atoms with Gasteiger partial charge < -0.3 is 0 Å². The molecule has 0 atom stereocenters. The topological polar surface area (TPSA) is 52.6 Å². The molecule has 0 aliphatic rings. The quantitative estimate of drug-likeness (QED) is 0.0483. The Hall–Kier alpha value is -0.980. The first kappa shape index (κ1) is 59.0. The van der Waals surface area contributed by atoms with Crippen LogP contribution in [-0.2, 0) is 9.05 Å². The number of hydrogen-bond donors (Lipinski definition) is 0. The standard InChI is InChI=1S/C56H108O4P2/c1-7-13-19-25-31-39-47-61(48-40-32-26-20-14-8-2,49-41-33-27-21-15-9-3)59-55(57)53-45-37-38-46-54(53)56(58)60-62(50-42-34-28-22-16-10-4,51-43-35-29-23-17-11-5)52-44-36-30-24-18-12-6/h37-38,45-46,61-62H,7-36,39-44,47-52H2,1-6H3. The van der Waals surface area contributed by atoms with E-state index >= 15 is 0 Å². The van der Waals surface area contributed by atoms with Gasteiger partial charge in [-0.15, -0.1) is 0 Å². The number of unbranched alkanes of at least 4 members (excludes halogenated alkanes) is 30. The van der Waals surface area contributed by atoms with Gasteiger partial charge in [0.25, 0.3) is 0 Å². The average Bonchev–Trinajstić information content (AvgIpc) is 3.28. The monoisotopic (exact) mass is 907 g/mol. The molecular weight excluding hydrogens is 799 g/mol. The van der Waals surface area contributed by atoms with E-state index in [1.165, 1.54) is 193 Å². The molecule has 0 saturated heterocycles. The zero-order valence-corrected chi connectivity index (χ0v) is 44.6. The maximum atomic E-state index is 14.8. The molecule has 0 bridgehead atoms. The Morgan fingerprint density at radius 1 is 0.306 bits per heavy atom. The Morgan fingerprint density at radius 2 is 0.484 bits per heavy atom. The molecular formula is C56H108O4P2. The molecule has 0 unspecified atom stereocenters. The molecule has 1 aromatic rings. The van der Waals surface area contributed by atoms with Crippen LogP contribution in [0.2, 0.25) is 0 Å². The van der Waals surface area contributed by atoms with Crippen molar-refractivity contribution in [2.24, 2.45) is 0 Å². The third-order valence-corrected chi connectivity index (χ3v) is 22.7. The van der Waals surface area contributed by atoms with Crippen LogP contribution in [0.4, 0.5) is 0 Å². The van der Waals surface area contributed by atoms with Crippen LogP contribution in [0.3, 0.4) is 0 Å². The van der Waals surface area contributed by atoms with E-state index in [0.29, 0.717) is 11.1 Å². The second-order valence-electron chi connectivity index (χ2n) is 19.8. The van der Waals surface area contributed by atoms with Crippen LogP contribution in [0.5, 0.6) is 0 Å². The summed E-state index contributed by atoms with van der Waals surface area (Å²) in [5.41, 5.74) is 0.898. The van der Waals surface area contributed by atoms with E-state index < -0.39 is 15.0 Å². The molecule has 0 aliphatic heterocycles. The number of benzene rings is 1. The summed E-state index contributed by atoms with van der Waals surface area (Å²) >= 11 is 0. The Bertz CT molecular complexity index is 1000. The molecule has 0 saturated carbocycles. The van der Waals surface area contributed by atoms with Gasteiger partial charge in [-0.1, -0.05) is 0 Å². The van der Waals surface area contributed by atoms with Gasteiger partial charge in [0.1, 0.15) is 0 Å². The molecule has 62 heavy (non-hydrogen) atoms. The van der Waals surface area contributed by atoms with E-state index in [4.69, 9.17) is 9.05 Å². The van der Waals surface area contributed by atoms with Gasteiger partial charge in [-0.05, 0) is 0 Å². The van der Waals surface area contributed by atoms with Gasteiger partial charge >= 0.3 is 391 Å². The normalized spacial score (nSPS) is 12.5. The molecule has 0 fully saturated rings. The van der Waals surface area contributed by atoms with Crippen LogP contribution in [-0.4, -0.2) is 48.9 Å². The zero-order chi connectivity index (χ0) is 45.3. The molecule has 0 radical (unpaired) electrons. The number of hydrogen-bond acceptors (Lipinski definition) is 4. The number of carbonyl (C=O) groups is 2. The Kier molecular flexibility index (Phi) is 39.5. The summed E-state index contributed by atoms with van der Waals surface area (Å²) < 4.78 is 14.1. The van der Waals surface area contributed by atoms with E-state index in [9.17, 15) is 9.59 Å². The number of rotatable bonds is 46. The van der Waals surface area contributed by atoms with Crippen LogP contribution in [0.15, 0.2) is 24.3 Å². The first-order chi connectivity index (χ1) is 30.4. The van der Waals surface area contributed by atoms with Crippen LogP contribution < -0.4 is 0 Å². The van der Waals surface area contributed by atoms with Crippen molar-refractivity contribution in [2.75, 3.05) is 37.0 Å². The predicted octanol–water partition coefficient (Wildman–Crippen LogP) is 19.5. The molecule has 0 aromatic heterocycles. The maximum absolute atomic E-state index is 14.8. The van der Waals surface area contributed by atoms with Gasteiger partial charge in [-0.2, -0.15) is 0 Å². The minimum atomic E-state index is -2.44. The van der Waals surface area contributed by atoms with Crippen molar-refractivity contribution in [3.8, 4) is 0 Å². The fraction of sp³-hybridized carbons (Fsp3) is 0.857. The van der Waals surface area contributed by atoms with Crippen molar-refractivity contribution in [1.29, 1.82) is 0 Å². The van der Waals surface area contributed by atoms with Crippen molar-refractivity contribution >= 4 is 26.9 Å². The van der Waals surface area contributed by atoms with Gasteiger partial charge in [0.05, 0.1) is 0 Å². The summed E-state index contributed by atoms with van der Waals surface area (Å²) in [5, 5.41) is 0. The molecule has 1 rings (SSSR count). The van der Waals surface area contributed by atoms with E-state index in [0.717, 1.165) is 75.5 Å². The fourth-order valence-corrected chi connectivity index (χ4v) is 18.2. The summed E-state index contributed by atoms with van der Waals surface area (Å²) in [6.45, 7) is 13.7. The second-order valence-corrected chi connectivity index (χ2v) is 27.9.